The molecule has 0 saturated heterocycles. The molecule has 4 nitrogen and oxygen atoms in total. The molecule has 3 rings (SSSR count). The number of hydrogen-bond donors (Lipinski definition) is 0. The summed E-state index contributed by atoms with van der Waals surface area (Å²) in [7, 11) is 0. The minimum atomic E-state index is 0.346. The molecule has 0 aliphatic rings. The topological polar surface area (TPSA) is 50.3 Å². The Morgan fingerprint density at radius 2 is 2.04 bits per heavy atom. The van der Waals surface area contributed by atoms with Crippen molar-refractivity contribution in [2.75, 3.05) is 6.26 Å². The molecule has 0 aliphatic heterocycles. The van der Waals surface area contributed by atoms with E-state index in [9.17, 15) is 0 Å². The third-order valence-corrected chi connectivity index (χ3v) is 4.12. The van der Waals surface area contributed by atoms with Gasteiger partial charge >= 0.3 is 0 Å². The van der Waals surface area contributed by atoms with Crippen LogP contribution in [0.25, 0.3) is 5.65 Å². The molecule has 5 heteroatoms. The molecular weight excluding hydrogens is 306 g/mol. The van der Waals surface area contributed by atoms with E-state index < -0.39 is 0 Å². The number of benzene rings is 1. The summed E-state index contributed by atoms with van der Waals surface area (Å²) in [5.41, 5.74) is 3.79. The fourth-order valence-corrected chi connectivity index (χ4v) is 3.01. The van der Waals surface area contributed by atoms with Gasteiger partial charge in [0.05, 0.1) is 23.9 Å². The van der Waals surface area contributed by atoms with Gasteiger partial charge in [-0.1, -0.05) is 30.3 Å². The monoisotopic (exact) mass is 323 g/mol. The molecule has 0 spiro atoms. The Balaban J connectivity index is 1.95. The first-order valence-electron chi connectivity index (χ1n) is 7.35. The van der Waals surface area contributed by atoms with Crippen molar-refractivity contribution in [3.8, 4) is 11.8 Å². The zero-order valence-electron chi connectivity index (χ0n) is 12.9. The predicted octanol–water partition coefficient (Wildman–Crippen LogP) is 3.84. The lowest BCUT2D eigenvalue weighted by atomic mass is 10.2. The maximum absolute atomic E-state index is 9.08. The third kappa shape index (κ3) is 3.33. The highest BCUT2D eigenvalue weighted by Crippen LogP contribution is 2.25. The van der Waals surface area contributed by atoms with Crippen LogP contribution >= 0.6 is 11.8 Å². The van der Waals surface area contributed by atoms with Crippen molar-refractivity contribution in [1.82, 2.24) is 9.38 Å². The van der Waals surface area contributed by atoms with Crippen LogP contribution in [0.5, 0.6) is 5.75 Å². The van der Waals surface area contributed by atoms with Gasteiger partial charge < -0.3 is 4.74 Å². The summed E-state index contributed by atoms with van der Waals surface area (Å²) in [6, 6.07) is 16.1. The van der Waals surface area contributed by atoms with E-state index >= 15 is 0 Å². The molecule has 2 aromatic heterocycles. The van der Waals surface area contributed by atoms with Crippen LogP contribution in [0, 0.1) is 11.3 Å². The summed E-state index contributed by atoms with van der Waals surface area (Å²) in [6.07, 6.45) is 4.32. The molecule has 23 heavy (non-hydrogen) atoms. The summed E-state index contributed by atoms with van der Waals surface area (Å²) >= 11 is 1.70. The number of imidazole rings is 1. The highest BCUT2D eigenvalue weighted by Gasteiger charge is 2.14. The number of rotatable bonds is 6. The molecular formula is C18H17N3OS. The van der Waals surface area contributed by atoms with E-state index in [1.807, 2.05) is 59.3 Å². The molecule has 0 bridgehead atoms. The van der Waals surface area contributed by atoms with E-state index in [1.165, 1.54) is 0 Å². The predicted molar refractivity (Wildman–Crippen MR) is 92.5 cm³/mol. The van der Waals surface area contributed by atoms with Crippen LogP contribution < -0.4 is 4.74 Å². The largest absolute Gasteiger partial charge is 0.485 e. The summed E-state index contributed by atoms with van der Waals surface area (Å²) in [4.78, 5) is 4.70. The second-order valence-electron chi connectivity index (χ2n) is 5.11. The van der Waals surface area contributed by atoms with Gasteiger partial charge in [-0.25, -0.2) is 4.98 Å². The second kappa shape index (κ2) is 7.21. The molecule has 1 aromatic carbocycles. The van der Waals surface area contributed by atoms with Crippen molar-refractivity contribution < 1.29 is 4.74 Å². The Hall–Kier alpha value is -2.45. The Bertz CT molecular complexity index is 837. The lowest BCUT2D eigenvalue weighted by Gasteiger charge is -2.07. The molecule has 116 valence electrons. The van der Waals surface area contributed by atoms with Gasteiger partial charge in [-0.3, -0.25) is 4.40 Å². The summed E-state index contributed by atoms with van der Waals surface area (Å²) in [6.45, 7) is 0.499. The Morgan fingerprint density at radius 1 is 1.22 bits per heavy atom. The number of ether oxygens (including phenoxy) is 1. The quantitative estimate of drug-likeness (QED) is 0.691. The number of nitrogens with zero attached hydrogens (tertiary/aromatic N) is 3. The number of nitriles is 1. The van der Waals surface area contributed by atoms with Crippen molar-refractivity contribution in [2.24, 2.45) is 0 Å². The fraction of sp³-hybridized carbons (Fsp3) is 0.222. The first-order valence-corrected chi connectivity index (χ1v) is 8.74. The van der Waals surface area contributed by atoms with Crippen molar-refractivity contribution in [3.05, 3.63) is 65.6 Å². The highest BCUT2D eigenvalue weighted by atomic mass is 32.2. The molecule has 0 aliphatic carbocycles. The van der Waals surface area contributed by atoms with Crippen LogP contribution in [-0.2, 0) is 18.8 Å². The lowest BCUT2D eigenvalue weighted by Crippen LogP contribution is -1.98. The van der Waals surface area contributed by atoms with Gasteiger partial charge in [0.2, 0.25) is 0 Å². The average Bonchev–Trinajstić information content (AvgIpc) is 2.93. The van der Waals surface area contributed by atoms with Crippen molar-refractivity contribution >= 4 is 17.4 Å². The molecule has 0 fully saturated rings. The number of aromatic nitrogens is 2. The summed E-state index contributed by atoms with van der Waals surface area (Å²) < 4.78 is 7.92. The van der Waals surface area contributed by atoms with E-state index in [0.29, 0.717) is 13.0 Å². The van der Waals surface area contributed by atoms with Gasteiger partial charge in [0.15, 0.2) is 11.4 Å². The minimum Gasteiger partial charge on any atom is -0.485 e. The van der Waals surface area contributed by atoms with Gasteiger partial charge in [0.25, 0.3) is 0 Å². The zero-order chi connectivity index (χ0) is 16.1. The van der Waals surface area contributed by atoms with E-state index in [1.54, 1.807) is 11.8 Å². The molecule has 2 heterocycles. The Morgan fingerprint density at radius 3 is 2.78 bits per heavy atom. The van der Waals surface area contributed by atoms with Crippen LogP contribution in [0.3, 0.4) is 0 Å². The first-order chi connectivity index (χ1) is 11.3. The Kier molecular flexibility index (Phi) is 4.84. The molecule has 0 saturated carbocycles. The SMILES string of the molecule is CSCc1nc2c(OCc3ccccc3)cccn2c1CC#N. The zero-order valence-corrected chi connectivity index (χ0v) is 13.7. The molecule has 0 unspecified atom stereocenters. The van der Waals surface area contributed by atoms with Gasteiger partial charge in [0, 0.05) is 11.9 Å². The number of thioether (sulfide) groups is 1. The molecule has 0 amide bonds. The first kappa shape index (κ1) is 15.4. The van der Waals surface area contributed by atoms with Gasteiger partial charge in [0.1, 0.15) is 6.61 Å². The van der Waals surface area contributed by atoms with Gasteiger partial charge in [-0.15, -0.1) is 0 Å². The minimum absolute atomic E-state index is 0.346. The smallest absolute Gasteiger partial charge is 0.180 e. The van der Waals surface area contributed by atoms with E-state index in [4.69, 9.17) is 15.0 Å². The fourth-order valence-electron chi connectivity index (χ4n) is 2.50. The molecule has 0 atom stereocenters. The normalized spacial score (nSPS) is 10.6. The lowest BCUT2D eigenvalue weighted by molar-refractivity contribution is 0.308. The maximum atomic E-state index is 9.08. The number of pyridine rings is 1. The van der Waals surface area contributed by atoms with E-state index in [2.05, 4.69) is 6.07 Å². The van der Waals surface area contributed by atoms with Gasteiger partial charge in [-0.2, -0.15) is 17.0 Å². The molecule has 0 N–H and O–H groups in total. The van der Waals surface area contributed by atoms with Crippen LogP contribution in [0.4, 0.5) is 0 Å². The molecule has 3 aromatic rings. The third-order valence-electron chi connectivity index (χ3n) is 3.56. The number of fused-ring (bicyclic) bond motifs is 1. The van der Waals surface area contributed by atoms with Crippen LogP contribution in [0.1, 0.15) is 17.0 Å². The van der Waals surface area contributed by atoms with E-state index in [0.717, 1.165) is 34.1 Å². The van der Waals surface area contributed by atoms with Crippen LogP contribution in [0.2, 0.25) is 0 Å². The van der Waals surface area contributed by atoms with Gasteiger partial charge in [-0.05, 0) is 24.0 Å². The van der Waals surface area contributed by atoms with Crippen molar-refractivity contribution in [2.45, 2.75) is 18.8 Å². The number of hydrogen-bond acceptors (Lipinski definition) is 4. The summed E-state index contributed by atoms with van der Waals surface area (Å²) in [5.74, 6) is 1.53. The standard InChI is InChI=1S/C18H17N3OS/c1-23-13-15-16(9-10-19)21-11-5-8-17(18(21)20-15)22-12-14-6-3-2-4-7-14/h2-8,11H,9,12-13H2,1H3. The maximum Gasteiger partial charge on any atom is 0.180 e. The summed E-state index contributed by atoms with van der Waals surface area (Å²) in [5, 5.41) is 9.08. The van der Waals surface area contributed by atoms with Crippen LogP contribution in [-0.4, -0.2) is 15.6 Å². The van der Waals surface area contributed by atoms with E-state index in [-0.39, 0.29) is 0 Å². The van der Waals surface area contributed by atoms with Crippen LogP contribution in [0.15, 0.2) is 48.7 Å². The highest BCUT2D eigenvalue weighted by molar-refractivity contribution is 7.97. The van der Waals surface area contributed by atoms with Crippen molar-refractivity contribution in [3.63, 3.8) is 0 Å². The molecule has 0 radical (unpaired) electrons. The average molecular weight is 323 g/mol. The van der Waals surface area contributed by atoms with Crippen molar-refractivity contribution in [1.29, 1.82) is 5.26 Å². The Labute approximate surface area is 139 Å². The second-order valence-corrected chi connectivity index (χ2v) is 5.98.